The van der Waals surface area contributed by atoms with Crippen LogP contribution in [0.25, 0.3) is 0 Å². The van der Waals surface area contributed by atoms with Crippen LogP contribution in [0.2, 0.25) is 0 Å². The van der Waals surface area contributed by atoms with Gasteiger partial charge in [0.15, 0.2) is 0 Å². The van der Waals surface area contributed by atoms with E-state index in [1.54, 1.807) is 48.5 Å². The molecule has 0 saturated heterocycles. The normalized spacial score (nSPS) is 9.64. The zero-order chi connectivity index (χ0) is 15.9. The van der Waals surface area contributed by atoms with Crippen molar-refractivity contribution in [1.29, 1.82) is 0 Å². The fraction of sp³-hybridized carbons (Fsp3) is 0. The molecule has 0 atom stereocenters. The lowest BCUT2D eigenvalue weighted by atomic mass is 10.2. The third kappa shape index (κ3) is 3.83. The van der Waals surface area contributed by atoms with Crippen molar-refractivity contribution in [3.8, 4) is 0 Å². The van der Waals surface area contributed by atoms with Crippen LogP contribution in [-0.4, -0.2) is 17.8 Å². The molecular formula is C15H14N4O3. The lowest BCUT2D eigenvalue weighted by molar-refractivity contribution is 0.0919. The molecule has 112 valence electrons. The molecule has 2 aromatic carbocycles. The van der Waals surface area contributed by atoms with Crippen molar-refractivity contribution in [2.24, 2.45) is 0 Å². The van der Waals surface area contributed by atoms with Gasteiger partial charge in [0.1, 0.15) is 0 Å². The number of carbonyl (C=O) groups excluding carboxylic acids is 3. The summed E-state index contributed by atoms with van der Waals surface area (Å²) in [6.45, 7) is 0. The van der Waals surface area contributed by atoms with Crippen molar-refractivity contribution in [1.82, 2.24) is 16.2 Å². The monoisotopic (exact) mass is 298 g/mol. The summed E-state index contributed by atoms with van der Waals surface area (Å²) in [5.74, 6) is -1.16. The van der Waals surface area contributed by atoms with Gasteiger partial charge in [-0.25, -0.2) is 10.2 Å². The lowest BCUT2D eigenvalue weighted by Gasteiger charge is -2.09. The number of nitrogen functional groups attached to an aromatic ring is 1. The van der Waals surface area contributed by atoms with Crippen molar-refractivity contribution in [3.63, 3.8) is 0 Å². The second kappa shape index (κ2) is 6.89. The van der Waals surface area contributed by atoms with Crippen molar-refractivity contribution < 1.29 is 14.4 Å². The molecule has 0 radical (unpaired) electrons. The zero-order valence-electron chi connectivity index (χ0n) is 11.5. The average Bonchev–Trinajstić information content (AvgIpc) is 2.54. The minimum Gasteiger partial charge on any atom is -0.398 e. The number of urea groups is 1. The third-order valence-electron chi connectivity index (χ3n) is 2.76. The highest BCUT2D eigenvalue weighted by Crippen LogP contribution is 2.09. The van der Waals surface area contributed by atoms with E-state index < -0.39 is 17.8 Å². The zero-order valence-corrected chi connectivity index (χ0v) is 11.5. The van der Waals surface area contributed by atoms with Gasteiger partial charge in [-0.1, -0.05) is 30.3 Å². The summed E-state index contributed by atoms with van der Waals surface area (Å²) in [4.78, 5) is 35.1. The Morgan fingerprint density at radius 3 is 2.09 bits per heavy atom. The van der Waals surface area contributed by atoms with E-state index in [9.17, 15) is 14.4 Å². The smallest absolute Gasteiger partial charge is 0.340 e. The Morgan fingerprint density at radius 1 is 0.773 bits per heavy atom. The molecular weight excluding hydrogens is 284 g/mol. The fourth-order valence-corrected chi connectivity index (χ4v) is 1.68. The number of para-hydroxylation sites is 1. The molecule has 22 heavy (non-hydrogen) atoms. The predicted molar refractivity (Wildman–Crippen MR) is 80.8 cm³/mol. The van der Waals surface area contributed by atoms with E-state index in [4.69, 9.17) is 5.73 Å². The molecule has 2 rings (SSSR count). The average molecular weight is 298 g/mol. The van der Waals surface area contributed by atoms with Gasteiger partial charge >= 0.3 is 6.03 Å². The first-order chi connectivity index (χ1) is 10.6. The molecule has 7 nitrogen and oxygen atoms in total. The predicted octanol–water partition coefficient (Wildman–Crippen LogP) is 1.05. The summed E-state index contributed by atoms with van der Waals surface area (Å²) in [6, 6.07) is 13.8. The highest BCUT2D eigenvalue weighted by molar-refractivity contribution is 6.05. The maximum atomic E-state index is 11.8. The summed E-state index contributed by atoms with van der Waals surface area (Å²) in [6.07, 6.45) is 0. The Hall–Kier alpha value is -3.35. The number of nitrogens with one attached hydrogen (secondary N) is 3. The fourth-order valence-electron chi connectivity index (χ4n) is 1.68. The van der Waals surface area contributed by atoms with Crippen molar-refractivity contribution in [2.45, 2.75) is 0 Å². The topological polar surface area (TPSA) is 113 Å². The second-order valence-electron chi connectivity index (χ2n) is 4.32. The van der Waals surface area contributed by atoms with E-state index in [1.807, 2.05) is 0 Å². The summed E-state index contributed by atoms with van der Waals surface area (Å²) >= 11 is 0. The highest BCUT2D eigenvalue weighted by atomic mass is 16.2. The molecule has 0 aliphatic rings. The van der Waals surface area contributed by atoms with E-state index in [1.165, 1.54) is 6.07 Å². The van der Waals surface area contributed by atoms with Gasteiger partial charge in [-0.3, -0.25) is 20.3 Å². The molecule has 0 bridgehead atoms. The summed E-state index contributed by atoms with van der Waals surface area (Å²) in [5, 5.41) is 2.08. The van der Waals surface area contributed by atoms with Crippen LogP contribution in [0.1, 0.15) is 20.7 Å². The first-order valence-electron chi connectivity index (χ1n) is 6.39. The van der Waals surface area contributed by atoms with Gasteiger partial charge in [0.25, 0.3) is 11.8 Å². The van der Waals surface area contributed by atoms with E-state index in [2.05, 4.69) is 16.2 Å². The van der Waals surface area contributed by atoms with E-state index in [-0.39, 0.29) is 11.3 Å². The standard InChI is InChI=1S/C15H14N4O3/c16-12-9-5-4-8-11(12)14(21)18-19-15(22)17-13(20)10-6-2-1-3-7-10/h1-9H,16H2,(H,18,21)(H2,17,19,20,22). The Balaban J connectivity index is 1.87. The van der Waals surface area contributed by atoms with Gasteiger partial charge in [-0.2, -0.15) is 0 Å². The number of nitrogens with two attached hydrogens (primary N) is 1. The summed E-state index contributed by atoms with van der Waals surface area (Å²) < 4.78 is 0. The van der Waals surface area contributed by atoms with E-state index in [0.29, 0.717) is 5.56 Å². The maximum Gasteiger partial charge on any atom is 0.340 e. The third-order valence-corrected chi connectivity index (χ3v) is 2.76. The number of amides is 4. The van der Waals surface area contributed by atoms with Gasteiger partial charge in [0.2, 0.25) is 0 Å². The Labute approximate surface area is 126 Å². The Bertz CT molecular complexity index is 701. The van der Waals surface area contributed by atoms with Crippen molar-refractivity contribution in [2.75, 3.05) is 5.73 Å². The van der Waals surface area contributed by atoms with Gasteiger partial charge < -0.3 is 5.73 Å². The molecule has 5 N–H and O–H groups in total. The largest absolute Gasteiger partial charge is 0.398 e. The molecule has 0 aliphatic heterocycles. The summed E-state index contributed by atoms with van der Waals surface area (Å²) in [7, 11) is 0. The minimum atomic E-state index is -0.850. The maximum absolute atomic E-state index is 11.8. The first-order valence-corrected chi connectivity index (χ1v) is 6.39. The minimum absolute atomic E-state index is 0.220. The molecule has 0 fully saturated rings. The lowest BCUT2D eigenvalue weighted by Crippen LogP contribution is -2.48. The highest BCUT2D eigenvalue weighted by Gasteiger charge is 2.12. The van der Waals surface area contributed by atoms with Crippen LogP contribution in [0.15, 0.2) is 54.6 Å². The van der Waals surface area contributed by atoms with Crippen molar-refractivity contribution >= 4 is 23.5 Å². The van der Waals surface area contributed by atoms with E-state index >= 15 is 0 Å². The SMILES string of the molecule is Nc1ccccc1C(=O)NNC(=O)NC(=O)c1ccccc1. The number of hydrogen-bond donors (Lipinski definition) is 4. The van der Waals surface area contributed by atoms with Crippen LogP contribution in [0.5, 0.6) is 0 Å². The molecule has 0 aromatic heterocycles. The van der Waals surface area contributed by atoms with Crippen molar-refractivity contribution in [3.05, 3.63) is 65.7 Å². The van der Waals surface area contributed by atoms with Gasteiger partial charge in [-0.15, -0.1) is 0 Å². The summed E-state index contributed by atoms with van der Waals surface area (Å²) in [5.41, 5.74) is 10.7. The molecule has 0 heterocycles. The van der Waals surface area contributed by atoms with Crippen LogP contribution >= 0.6 is 0 Å². The molecule has 0 spiro atoms. The molecule has 4 amide bonds. The molecule has 0 unspecified atom stereocenters. The van der Waals surface area contributed by atoms with Gasteiger partial charge in [0, 0.05) is 11.3 Å². The van der Waals surface area contributed by atoms with Crippen LogP contribution < -0.4 is 21.9 Å². The van der Waals surface area contributed by atoms with Crippen LogP contribution in [0.3, 0.4) is 0 Å². The molecule has 7 heteroatoms. The number of hydrazine groups is 1. The molecule has 2 aromatic rings. The first kappa shape index (κ1) is 15.0. The van der Waals surface area contributed by atoms with Crippen LogP contribution in [0, 0.1) is 0 Å². The molecule has 0 aliphatic carbocycles. The number of benzene rings is 2. The number of carbonyl (C=O) groups is 3. The van der Waals surface area contributed by atoms with Crippen LogP contribution in [-0.2, 0) is 0 Å². The Morgan fingerprint density at radius 2 is 1.41 bits per heavy atom. The molecule has 0 saturated carbocycles. The second-order valence-corrected chi connectivity index (χ2v) is 4.32. The van der Waals surface area contributed by atoms with E-state index in [0.717, 1.165) is 0 Å². The Kier molecular flexibility index (Phi) is 4.71. The van der Waals surface area contributed by atoms with Crippen LogP contribution in [0.4, 0.5) is 10.5 Å². The number of anilines is 1. The number of imide groups is 1. The number of hydrogen-bond acceptors (Lipinski definition) is 4. The van der Waals surface area contributed by atoms with Gasteiger partial charge in [-0.05, 0) is 24.3 Å². The number of rotatable bonds is 2. The van der Waals surface area contributed by atoms with Gasteiger partial charge in [0.05, 0.1) is 5.56 Å². The quantitative estimate of drug-likeness (QED) is 0.490.